The van der Waals surface area contributed by atoms with Crippen molar-refractivity contribution in [2.45, 2.75) is 76.7 Å². The van der Waals surface area contributed by atoms with E-state index in [9.17, 15) is 54.6 Å². The second kappa shape index (κ2) is 39.5. The van der Waals surface area contributed by atoms with Gasteiger partial charge >= 0.3 is 17.9 Å². The maximum atomic E-state index is 13.0. The van der Waals surface area contributed by atoms with Gasteiger partial charge in [-0.2, -0.15) is 0 Å². The fourth-order valence-electron chi connectivity index (χ4n) is 9.39. The van der Waals surface area contributed by atoms with E-state index in [-0.39, 0.29) is 63.8 Å². The lowest BCUT2D eigenvalue weighted by atomic mass is 10.0. The summed E-state index contributed by atoms with van der Waals surface area (Å²) in [6.07, 6.45) is 5.12. The number of amides is 1. The molecule has 1 amide bonds. The van der Waals surface area contributed by atoms with Crippen molar-refractivity contribution in [2.24, 2.45) is 0 Å². The number of hydrogen-bond acceptors (Lipinski definition) is 18. The summed E-state index contributed by atoms with van der Waals surface area (Å²) in [7, 11) is -6.07. The largest absolute Gasteiger partial charge is 0.481 e. The molecule has 0 saturated carbocycles. The molecule has 6 aromatic rings. The Hall–Kier alpha value is -7.89. The molecule has 0 bridgehead atoms. The lowest BCUT2D eigenvalue weighted by Crippen LogP contribution is -2.39. The first-order chi connectivity index (χ1) is 43.0. The lowest BCUT2D eigenvalue weighted by Gasteiger charge is -2.32. The summed E-state index contributed by atoms with van der Waals surface area (Å²) in [6, 6.07) is 47.4. The maximum absolute atomic E-state index is 13.0. The van der Waals surface area contributed by atoms with Crippen molar-refractivity contribution in [3.05, 3.63) is 191 Å². The number of anilines is 4. The van der Waals surface area contributed by atoms with Crippen molar-refractivity contribution in [1.82, 2.24) is 20.0 Å². The average Bonchev–Trinajstić information content (AvgIpc) is 1.75. The summed E-state index contributed by atoms with van der Waals surface area (Å²) in [5.74, 6) is -1.44. The molecule has 8 rings (SSSR count). The molecular weight excluding hydrogens is 1240 g/mol. The molecule has 92 heavy (non-hydrogen) atoms. The second-order valence-corrected chi connectivity index (χ2v) is 27.0. The first-order valence-electron chi connectivity index (χ1n) is 29.4. The zero-order chi connectivity index (χ0) is 67.2. The molecule has 0 aliphatic carbocycles. The van der Waals surface area contributed by atoms with E-state index < -0.39 is 36.0 Å². The van der Waals surface area contributed by atoms with Crippen molar-refractivity contribution in [2.75, 3.05) is 105 Å². The zero-order valence-electron chi connectivity index (χ0n) is 53.2. The summed E-state index contributed by atoms with van der Waals surface area (Å²) >= 11 is 0. The number of carbonyl (C=O) groups is 4. The molecule has 9 N–H and O–H groups in total. The normalized spacial score (nSPS) is 15.2. The van der Waals surface area contributed by atoms with Gasteiger partial charge in [0.25, 0.3) is 0 Å². The van der Waals surface area contributed by atoms with Crippen LogP contribution in [0.3, 0.4) is 0 Å². The molecular formula is C65H88BN8O15S3. The van der Waals surface area contributed by atoms with Crippen LogP contribution < -0.4 is 25.2 Å². The van der Waals surface area contributed by atoms with E-state index in [1.807, 2.05) is 62.6 Å². The highest BCUT2D eigenvalue weighted by atomic mass is 32.2. The first kappa shape index (κ1) is 78.4. The number of aliphatic carboxylic acids is 1. The number of ether oxygens (including phenoxy) is 2. The number of likely N-dealkylation sites (N-methyl/N-ethyl adjacent to an activating group) is 2. The third-order valence-corrected chi connectivity index (χ3v) is 15.6. The van der Waals surface area contributed by atoms with Gasteiger partial charge < -0.3 is 40.7 Å². The highest BCUT2D eigenvalue weighted by Gasteiger charge is 2.28. The quantitative estimate of drug-likeness (QED) is 0.0204. The molecule has 23 nitrogen and oxygen atoms in total. The van der Waals surface area contributed by atoms with Gasteiger partial charge in [0.05, 0.1) is 75.9 Å². The van der Waals surface area contributed by atoms with E-state index in [0.29, 0.717) is 67.1 Å². The molecule has 2 saturated heterocycles. The molecule has 3 radical (unpaired) electrons. The topological polar surface area (TPSA) is 334 Å². The number of aliphatic hydroxyl groups is 2. The van der Waals surface area contributed by atoms with Crippen LogP contribution in [0.25, 0.3) is 0 Å². The van der Waals surface area contributed by atoms with Crippen LogP contribution in [0.15, 0.2) is 158 Å². The van der Waals surface area contributed by atoms with Crippen molar-refractivity contribution in [3.8, 4) is 0 Å². The van der Waals surface area contributed by atoms with Crippen molar-refractivity contribution in [3.63, 3.8) is 0 Å². The molecule has 499 valence electrons. The van der Waals surface area contributed by atoms with E-state index in [1.165, 1.54) is 17.7 Å². The van der Waals surface area contributed by atoms with E-state index >= 15 is 0 Å². The van der Waals surface area contributed by atoms with Gasteiger partial charge in [0.15, 0.2) is 0 Å². The van der Waals surface area contributed by atoms with Gasteiger partial charge in [-0.3, -0.25) is 43.1 Å². The summed E-state index contributed by atoms with van der Waals surface area (Å²) in [4.78, 5) is 51.9. The maximum Gasteiger partial charge on any atom is 0.310 e. The molecule has 2 aliphatic rings. The number of rotatable bonds is 24. The zero-order valence-corrected chi connectivity index (χ0v) is 55.6. The van der Waals surface area contributed by atoms with Gasteiger partial charge in [-0.25, -0.2) is 25.3 Å². The van der Waals surface area contributed by atoms with Crippen LogP contribution in [0.2, 0.25) is 0 Å². The van der Waals surface area contributed by atoms with Crippen LogP contribution in [-0.4, -0.2) is 185 Å². The average molecular weight is 1330 g/mol. The predicted molar refractivity (Wildman–Crippen MR) is 361 cm³/mol. The minimum absolute atomic E-state index is 0. The lowest BCUT2D eigenvalue weighted by molar-refractivity contribution is -0.143. The number of aliphatic hydroxyl groups excluding tert-OH is 2. The Bertz CT molecular complexity index is 3530. The third kappa shape index (κ3) is 32.4. The van der Waals surface area contributed by atoms with Crippen LogP contribution in [-0.2, 0) is 84.4 Å². The molecule has 2 aliphatic heterocycles. The summed E-state index contributed by atoms with van der Waals surface area (Å²) in [6.45, 7) is 9.22. The number of nitrogens with zero attached hydrogens (tertiary/aromatic N) is 3. The van der Waals surface area contributed by atoms with E-state index in [1.54, 1.807) is 91.5 Å². The summed E-state index contributed by atoms with van der Waals surface area (Å²) in [5.41, 5.74) is 13.1. The van der Waals surface area contributed by atoms with Crippen LogP contribution in [0.1, 0.15) is 72.2 Å². The molecule has 0 aromatic heterocycles. The molecule has 2 heterocycles. The van der Waals surface area contributed by atoms with Gasteiger partial charge in [0, 0.05) is 83.5 Å². The molecule has 2 fully saturated rings. The number of carboxylic acids is 1. The number of nitrogens with two attached hydrogens (primary N) is 1. The van der Waals surface area contributed by atoms with Gasteiger partial charge in [-0.1, -0.05) is 109 Å². The van der Waals surface area contributed by atoms with E-state index in [4.69, 9.17) is 20.3 Å². The highest BCUT2D eigenvalue weighted by molar-refractivity contribution is 7.92. The second-order valence-electron chi connectivity index (χ2n) is 21.8. The molecule has 0 unspecified atom stereocenters. The number of nitrogen functional groups attached to an aromatic ring is 1. The Labute approximate surface area is 544 Å². The fourth-order valence-corrected chi connectivity index (χ4v) is 11.1. The number of esters is 2. The Balaban J connectivity index is 0.000000312. The van der Waals surface area contributed by atoms with Gasteiger partial charge in [-0.15, -0.1) is 0 Å². The SMILES string of the molecule is CCOC(=O)Cc1ccc(N)cc1.CCOC(=O)Cc1ccc(NS(C)(=O)=O)cc1.CN(C(=O)Cc1ccc(NS(C)(=O)=O)cc1)[C@H](CN1CC[C@H](O)C1)c1ccccc1.CN[C@H](CN1CC[C@H](O)C1)c1ccccc1.CS(=O)(=O)Nc1ccc(CC(=O)O)cc1.[B]. The molecule has 0 spiro atoms. The molecule has 6 aromatic carbocycles. The predicted octanol–water partition coefficient (Wildman–Crippen LogP) is 5.72. The summed E-state index contributed by atoms with van der Waals surface area (Å²) in [5, 5.41) is 31.2. The number of carbonyl (C=O) groups excluding carboxylic acids is 3. The van der Waals surface area contributed by atoms with E-state index in [2.05, 4.69) is 53.5 Å². The van der Waals surface area contributed by atoms with Crippen molar-refractivity contribution >= 4 is 85.0 Å². The summed E-state index contributed by atoms with van der Waals surface area (Å²) < 4.78 is 83.0. The Kier molecular flexibility index (Phi) is 33.6. The number of β-amino-alcohol motifs (C(OH)–C–C–N with tert-alkyl or cyclic N) is 2. The number of nitrogens with one attached hydrogen (secondary N) is 4. The smallest absolute Gasteiger partial charge is 0.310 e. The van der Waals surface area contributed by atoms with Crippen molar-refractivity contribution in [1.29, 1.82) is 0 Å². The Morgan fingerprint density at radius 1 is 0.543 bits per heavy atom. The Morgan fingerprint density at radius 3 is 1.23 bits per heavy atom. The Morgan fingerprint density at radius 2 is 0.891 bits per heavy atom. The number of sulfonamides is 3. The van der Waals surface area contributed by atoms with Crippen LogP contribution in [0.4, 0.5) is 22.7 Å². The number of carboxylic acid groups (broad SMARTS) is 1. The number of benzene rings is 6. The number of hydrogen-bond donors (Lipinski definition) is 8. The molecule has 4 atom stereocenters. The fraction of sp³-hybridized carbons (Fsp3) is 0.385. The van der Waals surface area contributed by atoms with Gasteiger partial charge in [0.2, 0.25) is 36.0 Å². The van der Waals surface area contributed by atoms with E-state index in [0.717, 1.165) is 80.0 Å². The number of likely N-dealkylation sites (tertiary alicyclic amines) is 2. The van der Waals surface area contributed by atoms with Crippen molar-refractivity contribution < 1.29 is 69.2 Å². The minimum atomic E-state index is -3.33. The first-order valence-corrected chi connectivity index (χ1v) is 35.1. The molecule has 27 heteroatoms. The van der Waals surface area contributed by atoms with Crippen LogP contribution in [0.5, 0.6) is 0 Å². The highest BCUT2D eigenvalue weighted by Crippen LogP contribution is 2.25. The standard InChI is InChI=1S/C22H29N3O4S.C13H20N2O.C11H15NO4S.C10H13NO2.C9H11NO4S.B/c1-24(22(27)14-17-8-10-19(11-9-17)23-30(2,28)29)21(18-6-4-3-5-7-18)16-25-13-12-20(26)15-25;1-14-13(11-5-3-2-4-6-11)10-15-8-7-12(16)9-15;1-3-16-11(13)8-9-4-6-10(7-5-9)12-17(2,14)15;1-2-13-10(12)7-8-3-5-9(11)6-4-8;1-15(13,14)10-8-4-2-7(3-5-8)6-9(11)12;/h3-11,20-21,23,26H,12-16H2,1-2H3;2-6,12-14,16H,7-10H2,1H3;4-7,12H,3,8H2,1-2H3;3-6H,2,7,11H2,1H3;2-5,10H,6H2,1H3,(H,11,12);/t20-,21+;12-,13+;;;;/m00..../s1. The third-order valence-electron chi connectivity index (χ3n) is 13.7. The van der Waals surface area contributed by atoms with Gasteiger partial charge in [0.1, 0.15) is 0 Å². The minimum Gasteiger partial charge on any atom is -0.481 e. The monoisotopic (exact) mass is 1330 g/mol. The van der Waals surface area contributed by atoms with Gasteiger partial charge in [-0.05, 0) is 116 Å². The van der Waals surface area contributed by atoms with Crippen LogP contribution >= 0.6 is 0 Å². The van der Waals surface area contributed by atoms with Crippen LogP contribution in [0, 0.1) is 0 Å².